The van der Waals surface area contributed by atoms with E-state index < -0.39 is 15.8 Å². The van der Waals surface area contributed by atoms with E-state index in [0.717, 1.165) is 0 Å². The Kier molecular flexibility index (Phi) is 3.99. The minimum absolute atomic E-state index is 0.00857. The fraction of sp³-hybridized carbons (Fsp3) is 0.133. The van der Waals surface area contributed by atoms with Crippen LogP contribution in [0.4, 0.5) is 0 Å². The van der Waals surface area contributed by atoms with Crippen LogP contribution in [-0.2, 0) is 15.6 Å². The minimum Gasteiger partial charge on any atom is -0.508 e. The average Bonchev–Trinajstić information content (AvgIpc) is 2.37. The SMILES string of the molecule is Cc1c(C(=O)O)cccc1S(=O)(=O)Cc1cccc(O)c1. The van der Waals surface area contributed by atoms with Gasteiger partial charge in [-0.1, -0.05) is 18.2 Å². The van der Waals surface area contributed by atoms with Crippen molar-refractivity contribution in [1.29, 1.82) is 0 Å². The van der Waals surface area contributed by atoms with Crippen LogP contribution in [0.25, 0.3) is 0 Å². The highest BCUT2D eigenvalue weighted by Gasteiger charge is 2.21. The molecular weight excluding hydrogens is 292 g/mol. The second kappa shape index (κ2) is 5.57. The van der Waals surface area contributed by atoms with Crippen LogP contribution in [0.3, 0.4) is 0 Å². The van der Waals surface area contributed by atoms with E-state index in [4.69, 9.17) is 5.11 Å². The molecule has 0 bridgehead atoms. The lowest BCUT2D eigenvalue weighted by atomic mass is 10.1. The first kappa shape index (κ1) is 15.1. The van der Waals surface area contributed by atoms with E-state index in [-0.39, 0.29) is 27.5 Å². The molecule has 0 heterocycles. The molecule has 0 amide bonds. The first-order valence-electron chi connectivity index (χ1n) is 6.15. The summed E-state index contributed by atoms with van der Waals surface area (Å²) >= 11 is 0. The van der Waals surface area contributed by atoms with Gasteiger partial charge in [-0.15, -0.1) is 0 Å². The lowest BCUT2D eigenvalue weighted by Crippen LogP contribution is -2.10. The number of hydrogen-bond donors (Lipinski definition) is 2. The lowest BCUT2D eigenvalue weighted by Gasteiger charge is -2.10. The molecule has 110 valence electrons. The van der Waals surface area contributed by atoms with Crippen molar-refractivity contribution < 1.29 is 23.4 Å². The lowest BCUT2D eigenvalue weighted by molar-refractivity contribution is 0.0696. The van der Waals surface area contributed by atoms with Crippen LogP contribution in [-0.4, -0.2) is 24.6 Å². The second-order valence-corrected chi connectivity index (χ2v) is 6.62. The molecule has 0 aromatic heterocycles. The maximum atomic E-state index is 12.4. The molecule has 0 aliphatic rings. The summed E-state index contributed by atoms with van der Waals surface area (Å²) in [4.78, 5) is 11.1. The summed E-state index contributed by atoms with van der Waals surface area (Å²) in [6.45, 7) is 1.47. The Morgan fingerprint density at radius 3 is 2.43 bits per heavy atom. The van der Waals surface area contributed by atoms with Crippen molar-refractivity contribution in [1.82, 2.24) is 0 Å². The Hall–Kier alpha value is -2.34. The zero-order valence-corrected chi connectivity index (χ0v) is 12.1. The summed E-state index contributed by atoms with van der Waals surface area (Å²) < 4.78 is 24.9. The van der Waals surface area contributed by atoms with Crippen molar-refractivity contribution in [2.75, 3.05) is 0 Å². The Morgan fingerprint density at radius 1 is 1.14 bits per heavy atom. The molecule has 6 heteroatoms. The van der Waals surface area contributed by atoms with E-state index in [1.807, 2.05) is 0 Å². The molecule has 2 aromatic carbocycles. The third-order valence-corrected chi connectivity index (χ3v) is 4.94. The minimum atomic E-state index is -3.69. The van der Waals surface area contributed by atoms with Gasteiger partial charge in [-0.05, 0) is 42.3 Å². The van der Waals surface area contributed by atoms with E-state index in [1.54, 1.807) is 12.1 Å². The van der Waals surface area contributed by atoms with Gasteiger partial charge >= 0.3 is 5.97 Å². The first-order chi connectivity index (χ1) is 9.81. The smallest absolute Gasteiger partial charge is 0.335 e. The molecule has 2 N–H and O–H groups in total. The summed E-state index contributed by atoms with van der Waals surface area (Å²) in [6.07, 6.45) is 0. The van der Waals surface area contributed by atoms with Gasteiger partial charge in [0.15, 0.2) is 9.84 Å². The molecule has 0 radical (unpaired) electrons. The van der Waals surface area contributed by atoms with Crippen LogP contribution in [0.15, 0.2) is 47.4 Å². The molecule has 2 aromatic rings. The predicted octanol–water partition coefficient (Wildman–Crippen LogP) is 2.37. The van der Waals surface area contributed by atoms with Crippen molar-refractivity contribution >= 4 is 15.8 Å². The fourth-order valence-electron chi connectivity index (χ4n) is 2.13. The van der Waals surface area contributed by atoms with Gasteiger partial charge in [0.2, 0.25) is 0 Å². The van der Waals surface area contributed by atoms with Crippen molar-refractivity contribution in [3.8, 4) is 5.75 Å². The normalized spacial score (nSPS) is 11.3. The largest absolute Gasteiger partial charge is 0.508 e. The number of carboxylic acids is 1. The number of sulfone groups is 1. The number of phenols is 1. The van der Waals surface area contributed by atoms with Gasteiger partial charge < -0.3 is 10.2 Å². The number of benzene rings is 2. The Morgan fingerprint density at radius 2 is 1.81 bits per heavy atom. The molecule has 0 atom stereocenters. The molecule has 0 aliphatic heterocycles. The van der Waals surface area contributed by atoms with Crippen LogP contribution >= 0.6 is 0 Å². The third-order valence-electron chi connectivity index (χ3n) is 3.12. The highest BCUT2D eigenvalue weighted by molar-refractivity contribution is 7.90. The van der Waals surface area contributed by atoms with Crippen LogP contribution in [0.1, 0.15) is 21.5 Å². The van der Waals surface area contributed by atoms with E-state index >= 15 is 0 Å². The first-order valence-corrected chi connectivity index (χ1v) is 7.80. The maximum absolute atomic E-state index is 12.4. The standard InChI is InChI=1S/C15H14O5S/c1-10-13(15(17)18)6-3-7-14(10)21(19,20)9-11-4-2-5-12(16)8-11/h2-8,16H,9H2,1H3,(H,17,18). The van der Waals surface area contributed by atoms with Crippen molar-refractivity contribution in [3.05, 3.63) is 59.2 Å². The van der Waals surface area contributed by atoms with Gasteiger partial charge in [0, 0.05) is 0 Å². The molecule has 0 aliphatic carbocycles. The van der Waals surface area contributed by atoms with Crippen LogP contribution in [0, 0.1) is 6.92 Å². The Balaban J connectivity index is 2.45. The summed E-state index contributed by atoms with van der Waals surface area (Å²) in [7, 11) is -3.69. The number of hydrogen-bond acceptors (Lipinski definition) is 4. The summed E-state index contributed by atoms with van der Waals surface area (Å²) in [6, 6.07) is 10.1. The monoisotopic (exact) mass is 306 g/mol. The van der Waals surface area contributed by atoms with E-state index in [0.29, 0.717) is 5.56 Å². The third kappa shape index (κ3) is 3.22. The molecule has 0 saturated heterocycles. The van der Waals surface area contributed by atoms with E-state index in [2.05, 4.69) is 0 Å². The number of carboxylic acid groups (broad SMARTS) is 1. The fourth-order valence-corrected chi connectivity index (χ4v) is 3.76. The summed E-state index contributed by atoms with van der Waals surface area (Å²) in [5, 5.41) is 18.4. The number of aromatic hydroxyl groups is 1. The van der Waals surface area contributed by atoms with Gasteiger partial charge in [0.25, 0.3) is 0 Å². The second-order valence-electron chi connectivity index (χ2n) is 4.66. The van der Waals surface area contributed by atoms with E-state index in [1.165, 1.54) is 37.3 Å². The molecule has 5 nitrogen and oxygen atoms in total. The van der Waals surface area contributed by atoms with Gasteiger partial charge in [0.1, 0.15) is 5.75 Å². The predicted molar refractivity (Wildman–Crippen MR) is 77.1 cm³/mol. The Labute approximate surface area is 122 Å². The number of aromatic carboxylic acids is 1. The topological polar surface area (TPSA) is 91.7 Å². The zero-order valence-electron chi connectivity index (χ0n) is 11.3. The van der Waals surface area contributed by atoms with E-state index in [9.17, 15) is 18.3 Å². The van der Waals surface area contributed by atoms with Gasteiger partial charge in [-0.3, -0.25) is 0 Å². The summed E-state index contributed by atoms with van der Waals surface area (Å²) in [5.41, 5.74) is 0.618. The molecule has 0 fully saturated rings. The van der Waals surface area contributed by atoms with Crippen molar-refractivity contribution in [2.45, 2.75) is 17.6 Å². The van der Waals surface area contributed by atoms with Gasteiger partial charge in [-0.2, -0.15) is 0 Å². The highest BCUT2D eigenvalue weighted by Crippen LogP contribution is 2.24. The molecule has 0 spiro atoms. The average molecular weight is 306 g/mol. The Bertz CT molecular complexity index is 793. The van der Waals surface area contributed by atoms with Gasteiger partial charge in [-0.25, -0.2) is 13.2 Å². The van der Waals surface area contributed by atoms with Crippen LogP contribution in [0.5, 0.6) is 5.75 Å². The summed E-state index contributed by atoms with van der Waals surface area (Å²) in [5.74, 6) is -1.48. The van der Waals surface area contributed by atoms with Gasteiger partial charge in [0.05, 0.1) is 16.2 Å². The number of phenolic OH excluding ortho intramolecular Hbond substituents is 1. The zero-order chi connectivity index (χ0) is 15.6. The molecule has 21 heavy (non-hydrogen) atoms. The quantitative estimate of drug-likeness (QED) is 0.904. The number of rotatable bonds is 4. The molecule has 2 rings (SSSR count). The van der Waals surface area contributed by atoms with Crippen molar-refractivity contribution in [3.63, 3.8) is 0 Å². The van der Waals surface area contributed by atoms with Crippen molar-refractivity contribution in [2.24, 2.45) is 0 Å². The number of carbonyl (C=O) groups is 1. The van der Waals surface area contributed by atoms with Crippen LogP contribution < -0.4 is 0 Å². The molecule has 0 unspecified atom stereocenters. The van der Waals surface area contributed by atoms with Crippen LogP contribution in [0.2, 0.25) is 0 Å². The molecular formula is C15H14O5S. The highest BCUT2D eigenvalue weighted by atomic mass is 32.2. The molecule has 0 saturated carbocycles. The maximum Gasteiger partial charge on any atom is 0.335 e.